The first-order valence-corrected chi connectivity index (χ1v) is 10.3. The van der Waals surface area contributed by atoms with Gasteiger partial charge in [0, 0.05) is 45.3 Å². The van der Waals surface area contributed by atoms with E-state index in [1.807, 2.05) is 0 Å². The first-order valence-electron chi connectivity index (χ1n) is 10.3. The van der Waals surface area contributed by atoms with Gasteiger partial charge in [0.05, 0.1) is 13.2 Å². The highest BCUT2D eigenvalue weighted by atomic mass is 127. The molecule has 2 fully saturated rings. The van der Waals surface area contributed by atoms with Crippen molar-refractivity contribution in [3.05, 3.63) is 0 Å². The van der Waals surface area contributed by atoms with Gasteiger partial charge in [0.2, 0.25) is 0 Å². The van der Waals surface area contributed by atoms with Crippen molar-refractivity contribution in [2.45, 2.75) is 45.4 Å². The zero-order valence-electron chi connectivity index (χ0n) is 16.5. The number of likely N-dealkylation sites (tertiary alicyclic amines) is 1. The lowest BCUT2D eigenvalue weighted by Crippen LogP contribution is -2.42. The van der Waals surface area contributed by atoms with Gasteiger partial charge in [-0.1, -0.05) is 12.8 Å². The van der Waals surface area contributed by atoms with E-state index >= 15 is 0 Å². The Bertz CT molecular complexity index is 357. The molecule has 2 aliphatic heterocycles. The van der Waals surface area contributed by atoms with Crippen LogP contribution in [0.4, 0.5) is 0 Å². The van der Waals surface area contributed by atoms with Gasteiger partial charge < -0.3 is 25.0 Å². The standard InChI is InChI=1S/C19H38N4O2.HI/c1-2-20-19(22-10-13-23-11-5-3-4-6-12-23)21-9-7-14-24-16-18-8-15-25-17-18;/h18H,2-17H2,1H3,(H2,20,21,22);1H. The molecule has 0 aliphatic carbocycles. The molecule has 0 aromatic carbocycles. The largest absolute Gasteiger partial charge is 0.381 e. The van der Waals surface area contributed by atoms with E-state index in [4.69, 9.17) is 9.47 Å². The number of guanidine groups is 1. The van der Waals surface area contributed by atoms with Crippen LogP contribution in [0.3, 0.4) is 0 Å². The van der Waals surface area contributed by atoms with E-state index < -0.39 is 0 Å². The molecule has 0 bridgehead atoms. The molecule has 6 nitrogen and oxygen atoms in total. The van der Waals surface area contributed by atoms with Crippen molar-refractivity contribution in [2.24, 2.45) is 10.9 Å². The molecule has 7 heteroatoms. The minimum Gasteiger partial charge on any atom is -0.381 e. The molecule has 0 saturated carbocycles. The second kappa shape index (κ2) is 15.9. The Kier molecular flexibility index (Phi) is 14.6. The Hall–Kier alpha value is -0.120. The van der Waals surface area contributed by atoms with Crippen LogP contribution in [0.2, 0.25) is 0 Å². The number of hydrogen-bond donors (Lipinski definition) is 2. The van der Waals surface area contributed by atoms with E-state index in [2.05, 4.69) is 27.4 Å². The smallest absolute Gasteiger partial charge is 0.191 e. The lowest BCUT2D eigenvalue weighted by molar-refractivity contribution is 0.0893. The van der Waals surface area contributed by atoms with Crippen molar-refractivity contribution in [1.82, 2.24) is 15.5 Å². The molecule has 0 aromatic heterocycles. The number of halogens is 1. The summed E-state index contributed by atoms with van der Waals surface area (Å²) < 4.78 is 11.1. The molecule has 2 aliphatic rings. The summed E-state index contributed by atoms with van der Waals surface area (Å²) in [6, 6.07) is 0. The van der Waals surface area contributed by atoms with E-state index in [-0.39, 0.29) is 24.0 Å². The molecule has 154 valence electrons. The fourth-order valence-corrected chi connectivity index (χ4v) is 3.36. The van der Waals surface area contributed by atoms with E-state index in [0.717, 1.165) is 71.4 Å². The average molecular weight is 482 g/mol. The van der Waals surface area contributed by atoms with Crippen LogP contribution < -0.4 is 10.6 Å². The summed E-state index contributed by atoms with van der Waals surface area (Å²) in [5.74, 6) is 1.53. The first-order chi connectivity index (χ1) is 12.4. The zero-order valence-corrected chi connectivity index (χ0v) is 18.8. The van der Waals surface area contributed by atoms with Crippen molar-refractivity contribution in [3.63, 3.8) is 0 Å². The summed E-state index contributed by atoms with van der Waals surface area (Å²) in [4.78, 5) is 7.23. The van der Waals surface area contributed by atoms with Crippen LogP contribution in [0.15, 0.2) is 4.99 Å². The van der Waals surface area contributed by atoms with Gasteiger partial charge in [-0.2, -0.15) is 0 Å². The number of ether oxygens (including phenoxy) is 2. The minimum absolute atomic E-state index is 0. The summed E-state index contributed by atoms with van der Waals surface area (Å²) in [5, 5.41) is 6.80. The second-order valence-electron chi connectivity index (χ2n) is 7.10. The van der Waals surface area contributed by atoms with Gasteiger partial charge in [0.1, 0.15) is 0 Å². The van der Waals surface area contributed by atoms with Crippen molar-refractivity contribution < 1.29 is 9.47 Å². The van der Waals surface area contributed by atoms with E-state index in [0.29, 0.717) is 5.92 Å². The molecule has 0 spiro atoms. The van der Waals surface area contributed by atoms with Crippen molar-refractivity contribution in [1.29, 1.82) is 0 Å². The molecule has 2 N–H and O–H groups in total. The summed E-state index contributed by atoms with van der Waals surface area (Å²) >= 11 is 0. The molecular weight excluding hydrogens is 443 g/mol. The maximum Gasteiger partial charge on any atom is 0.191 e. The van der Waals surface area contributed by atoms with Gasteiger partial charge in [-0.3, -0.25) is 4.99 Å². The first kappa shape index (κ1) is 23.9. The van der Waals surface area contributed by atoms with Crippen molar-refractivity contribution >= 4 is 29.9 Å². The van der Waals surface area contributed by atoms with Crippen LogP contribution >= 0.6 is 24.0 Å². The summed E-state index contributed by atoms with van der Waals surface area (Å²) in [7, 11) is 0. The number of nitrogens with zero attached hydrogens (tertiary/aromatic N) is 2. The minimum atomic E-state index is 0. The average Bonchev–Trinajstić information content (AvgIpc) is 3.00. The SMILES string of the molecule is CCNC(=NCCCOCC1CCOC1)NCCN1CCCCCC1.I. The molecule has 2 heterocycles. The number of rotatable bonds is 10. The topological polar surface area (TPSA) is 58.1 Å². The van der Waals surface area contributed by atoms with Gasteiger partial charge in [-0.15, -0.1) is 24.0 Å². The van der Waals surface area contributed by atoms with Crippen LogP contribution in [0.5, 0.6) is 0 Å². The fraction of sp³-hybridized carbons (Fsp3) is 0.947. The molecule has 2 saturated heterocycles. The van der Waals surface area contributed by atoms with Crippen molar-refractivity contribution in [3.8, 4) is 0 Å². The van der Waals surface area contributed by atoms with Gasteiger partial charge in [-0.25, -0.2) is 0 Å². The Morgan fingerprint density at radius 1 is 1.19 bits per heavy atom. The third-order valence-electron chi connectivity index (χ3n) is 4.86. The molecule has 2 rings (SSSR count). The third-order valence-corrected chi connectivity index (χ3v) is 4.86. The summed E-state index contributed by atoms with van der Waals surface area (Å²) in [6.45, 7) is 11.8. The van der Waals surface area contributed by atoms with Crippen LogP contribution in [-0.4, -0.2) is 76.6 Å². The quantitative estimate of drug-likeness (QED) is 0.217. The van der Waals surface area contributed by atoms with E-state index in [1.54, 1.807) is 0 Å². The molecule has 1 unspecified atom stereocenters. The Balaban J connectivity index is 0.00000338. The van der Waals surface area contributed by atoms with Crippen LogP contribution in [-0.2, 0) is 9.47 Å². The van der Waals surface area contributed by atoms with Gasteiger partial charge >= 0.3 is 0 Å². The highest BCUT2D eigenvalue weighted by Gasteiger charge is 2.15. The monoisotopic (exact) mass is 482 g/mol. The second-order valence-corrected chi connectivity index (χ2v) is 7.10. The predicted octanol–water partition coefficient (Wildman–Crippen LogP) is 2.48. The third kappa shape index (κ3) is 10.9. The number of hydrogen-bond acceptors (Lipinski definition) is 4. The molecule has 0 radical (unpaired) electrons. The van der Waals surface area contributed by atoms with Gasteiger partial charge in [0.25, 0.3) is 0 Å². The lowest BCUT2D eigenvalue weighted by atomic mass is 10.1. The number of nitrogens with one attached hydrogen (secondary N) is 2. The fourth-order valence-electron chi connectivity index (χ4n) is 3.36. The Morgan fingerprint density at radius 3 is 2.69 bits per heavy atom. The lowest BCUT2D eigenvalue weighted by Gasteiger charge is -2.20. The normalized spacial score (nSPS) is 21.9. The summed E-state index contributed by atoms with van der Waals surface area (Å²) in [5.41, 5.74) is 0. The van der Waals surface area contributed by atoms with E-state index in [1.165, 1.54) is 38.8 Å². The van der Waals surface area contributed by atoms with Gasteiger partial charge in [-0.05, 0) is 45.7 Å². The molecular formula is C19H39IN4O2. The maximum absolute atomic E-state index is 5.73. The molecule has 1 atom stereocenters. The Labute approximate surface area is 176 Å². The summed E-state index contributed by atoms with van der Waals surface area (Å²) in [6.07, 6.45) is 7.59. The van der Waals surface area contributed by atoms with Crippen LogP contribution in [0.25, 0.3) is 0 Å². The highest BCUT2D eigenvalue weighted by molar-refractivity contribution is 14.0. The zero-order chi connectivity index (χ0) is 17.6. The number of aliphatic imine (C=N–C) groups is 1. The molecule has 0 aromatic rings. The molecule has 0 amide bonds. The van der Waals surface area contributed by atoms with Crippen LogP contribution in [0, 0.1) is 5.92 Å². The maximum atomic E-state index is 5.73. The molecule has 26 heavy (non-hydrogen) atoms. The Morgan fingerprint density at radius 2 is 2.00 bits per heavy atom. The van der Waals surface area contributed by atoms with Crippen LogP contribution in [0.1, 0.15) is 45.4 Å². The van der Waals surface area contributed by atoms with Gasteiger partial charge in [0.15, 0.2) is 5.96 Å². The van der Waals surface area contributed by atoms with E-state index in [9.17, 15) is 0 Å². The highest BCUT2D eigenvalue weighted by Crippen LogP contribution is 2.12. The predicted molar refractivity (Wildman–Crippen MR) is 119 cm³/mol. The van der Waals surface area contributed by atoms with Crippen molar-refractivity contribution in [2.75, 3.05) is 65.7 Å².